The van der Waals surface area contributed by atoms with Crippen LogP contribution >= 0.6 is 22.9 Å². The second-order valence-electron chi connectivity index (χ2n) is 6.65. The molecule has 0 atom stereocenters. The second kappa shape index (κ2) is 9.84. The fourth-order valence-electron chi connectivity index (χ4n) is 3.30. The zero-order valence-electron chi connectivity index (χ0n) is 17.0. The van der Waals surface area contributed by atoms with Crippen molar-refractivity contribution in [3.05, 3.63) is 44.8 Å². The van der Waals surface area contributed by atoms with Crippen LogP contribution in [0.25, 0.3) is 6.08 Å². The Morgan fingerprint density at radius 1 is 1.23 bits per heavy atom. The van der Waals surface area contributed by atoms with E-state index in [4.69, 9.17) is 31.5 Å². The number of nitrogens with one attached hydrogen (secondary N) is 1. The number of amides is 2. The molecular formula is C21H21ClN2O6S. The van der Waals surface area contributed by atoms with Gasteiger partial charge in [0.25, 0.3) is 11.8 Å². The first-order valence-electron chi connectivity index (χ1n) is 9.34. The van der Waals surface area contributed by atoms with Crippen LogP contribution in [0.4, 0.5) is 5.00 Å². The summed E-state index contributed by atoms with van der Waals surface area (Å²) in [4.78, 5) is 37.0. The van der Waals surface area contributed by atoms with Crippen molar-refractivity contribution in [2.24, 2.45) is 5.73 Å². The van der Waals surface area contributed by atoms with Crippen LogP contribution < -0.4 is 20.5 Å². The number of fused-ring (bicyclic) bond motifs is 1. The molecule has 2 amide bonds. The number of carbonyl (C=O) groups excluding carboxylic acids is 3. The van der Waals surface area contributed by atoms with Crippen LogP contribution in [0.2, 0.25) is 5.02 Å². The number of carbonyl (C=O) groups is 3. The Balaban J connectivity index is 1.59. The van der Waals surface area contributed by atoms with Crippen LogP contribution in [-0.2, 0) is 27.2 Å². The van der Waals surface area contributed by atoms with Gasteiger partial charge in [-0.15, -0.1) is 11.3 Å². The van der Waals surface area contributed by atoms with Gasteiger partial charge in [-0.25, -0.2) is 4.79 Å². The minimum absolute atomic E-state index is 0.322. The van der Waals surface area contributed by atoms with Crippen molar-refractivity contribution in [2.75, 3.05) is 26.1 Å². The second-order valence-corrected chi connectivity index (χ2v) is 8.17. The summed E-state index contributed by atoms with van der Waals surface area (Å²) in [5, 5.41) is 3.33. The van der Waals surface area contributed by atoms with Crippen LogP contribution in [0.1, 0.15) is 32.8 Å². The molecule has 0 aliphatic heterocycles. The molecule has 0 fully saturated rings. The largest absolute Gasteiger partial charge is 0.493 e. The van der Waals surface area contributed by atoms with Crippen molar-refractivity contribution in [1.82, 2.24) is 0 Å². The lowest BCUT2D eigenvalue weighted by molar-refractivity contribution is -0.142. The molecule has 1 aromatic heterocycles. The lowest BCUT2D eigenvalue weighted by Gasteiger charge is -2.10. The SMILES string of the molecule is COc1cc(C=CC(=O)OCC(=O)Nc2sc3c(c2C(N)=O)CCC3)cc(Cl)c1OC. The van der Waals surface area contributed by atoms with Crippen molar-refractivity contribution in [1.29, 1.82) is 0 Å². The van der Waals surface area contributed by atoms with Gasteiger partial charge in [0.15, 0.2) is 18.1 Å². The molecule has 0 unspecified atom stereocenters. The molecule has 31 heavy (non-hydrogen) atoms. The molecule has 0 bridgehead atoms. The number of ether oxygens (including phenoxy) is 3. The molecule has 0 saturated carbocycles. The first-order valence-corrected chi connectivity index (χ1v) is 10.5. The molecule has 0 radical (unpaired) electrons. The number of aryl methyl sites for hydroxylation is 1. The fraction of sp³-hybridized carbons (Fsp3) is 0.286. The van der Waals surface area contributed by atoms with E-state index in [1.54, 1.807) is 12.1 Å². The average Bonchev–Trinajstić information content (AvgIpc) is 3.30. The van der Waals surface area contributed by atoms with E-state index in [9.17, 15) is 14.4 Å². The van der Waals surface area contributed by atoms with Crippen LogP contribution in [0.15, 0.2) is 18.2 Å². The average molecular weight is 465 g/mol. The van der Waals surface area contributed by atoms with Gasteiger partial charge in [-0.3, -0.25) is 9.59 Å². The summed E-state index contributed by atoms with van der Waals surface area (Å²) < 4.78 is 15.3. The maximum atomic E-state index is 12.2. The molecule has 1 aliphatic carbocycles. The number of thiophene rings is 1. The highest BCUT2D eigenvalue weighted by Crippen LogP contribution is 2.39. The topological polar surface area (TPSA) is 117 Å². The van der Waals surface area contributed by atoms with Gasteiger partial charge in [0, 0.05) is 11.0 Å². The summed E-state index contributed by atoms with van der Waals surface area (Å²) in [5.41, 5.74) is 7.31. The van der Waals surface area contributed by atoms with E-state index in [-0.39, 0.29) is 0 Å². The molecule has 1 heterocycles. The van der Waals surface area contributed by atoms with E-state index in [1.807, 2.05) is 0 Å². The Kier molecular flexibility index (Phi) is 7.19. The summed E-state index contributed by atoms with van der Waals surface area (Å²) in [6.45, 7) is -0.503. The number of anilines is 1. The number of esters is 1. The first-order chi connectivity index (χ1) is 14.8. The number of halogens is 1. The minimum atomic E-state index is -0.718. The van der Waals surface area contributed by atoms with Gasteiger partial charge >= 0.3 is 5.97 Å². The third kappa shape index (κ3) is 5.18. The van der Waals surface area contributed by atoms with E-state index < -0.39 is 24.4 Å². The van der Waals surface area contributed by atoms with Gasteiger partial charge in [0.1, 0.15) is 5.00 Å². The number of rotatable bonds is 8. The molecule has 10 heteroatoms. The van der Waals surface area contributed by atoms with E-state index in [0.29, 0.717) is 32.6 Å². The van der Waals surface area contributed by atoms with Crippen LogP contribution in [0.3, 0.4) is 0 Å². The van der Waals surface area contributed by atoms with Gasteiger partial charge in [0.05, 0.1) is 24.8 Å². The third-order valence-electron chi connectivity index (χ3n) is 4.63. The predicted molar refractivity (Wildman–Crippen MR) is 118 cm³/mol. The zero-order valence-corrected chi connectivity index (χ0v) is 18.5. The maximum absolute atomic E-state index is 12.2. The van der Waals surface area contributed by atoms with Gasteiger partial charge in [-0.05, 0) is 48.6 Å². The molecular weight excluding hydrogens is 444 g/mol. The highest BCUT2D eigenvalue weighted by atomic mass is 35.5. The van der Waals surface area contributed by atoms with Crippen LogP contribution in [0.5, 0.6) is 11.5 Å². The normalized spacial score (nSPS) is 12.5. The maximum Gasteiger partial charge on any atom is 0.331 e. The number of primary amides is 1. The van der Waals surface area contributed by atoms with E-state index in [0.717, 1.165) is 29.7 Å². The Labute approximate surface area is 187 Å². The molecule has 164 valence electrons. The fourth-order valence-corrected chi connectivity index (χ4v) is 4.91. The van der Waals surface area contributed by atoms with E-state index >= 15 is 0 Å². The van der Waals surface area contributed by atoms with Gasteiger partial charge in [-0.1, -0.05) is 11.6 Å². The Morgan fingerprint density at radius 2 is 2.00 bits per heavy atom. The molecule has 0 spiro atoms. The summed E-state index contributed by atoms with van der Waals surface area (Å²) in [7, 11) is 2.94. The molecule has 0 saturated heterocycles. The lowest BCUT2D eigenvalue weighted by atomic mass is 10.1. The van der Waals surface area contributed by atoms with E-state index in [2.05, 4.69) is 5.32 Å². The quantitative estimate of drug-likeness (QED) is 0.457. The van der Waals surface area contributed by atoms with Crippen LogP contribution in [0, 0.1) is 0 Å². The highest BCUT2D eigenvalue weighted by Gasteiger charge is 2.26. The predicted octanol–water partition coefficient (Wildman–Crippen LogP) is 3.20. The number of hydrogen-bond acceptors (Lipinski definition) is 7. The summed E-state index contributed by atoms with van der Waals surface area (Å²) in [6, 6.07) is 3.24. The lowest BCUT2D eigenvalue weighted by Crippen LogP contribution is -2.22. The van der Waals surface area contributed by atoms with Crippen molar-refractivity contribution in [3.8, 4) is 11.5 Å². The highest BCUT2D eigenvalue weighted by molar-refractivity contribution is 7.17. The summed E-state index contributed by atoms with van der Waals surface area (Å²) in [5.74, 6) is -1.06. The standard InChI is InChI=1S/C21H21ClN2O6S/c1-28-14-9-11(8-13(22)19(14)29-2)6-7-17(26)30-10-16(25)24-21-18(20(23)27)12-4-3-5-15(12)31-21/h6-9H,3-5,10H2,1-2H3,(H2,23,27)(H,24,25). The summed E-state index contributed by atoms with van der Waals surface area (Å²) in [6.07, 6.45) is 5.23. The molecule has 1 aromatic carbocycles. The third-order valence-corrected chi connectivity index (χ3v) is 6.12. The molecule has 3 rings (SSSR count). The first kappa shape index (κ1) is 22.6. The van der Waals surface area contributed by atoms with E-state index in [1.165, 1.54) is 37.7 Å². The van der Waals surface area contributed by atoms with Crippen molar-refractivity contribution in [3.63, 3.8) is 0 Å². The number of nitrogens with two attached hydrogens (primary N) is 1. The molecule has 8 nitrogen and oxygen atoms in total. The zero-order chi connectivity index (χ0) is 22.5. The van der Waals surface area contributed by atoms with Crippen molar-refractivity contribution in [2.45, 2.75) is 19.3 Å². The van der Waals surface area contributed by atoms with Gasteiger partial charge in [0.2, 0.25) is 0 Å². The smallest absolute Gasteiger partial charge is 0.331 e. The van der Waals surface area contributed by atoms with Gasteiger partial charge < -0.3 is 25.3 Å². The number of methoxy groups -OCH3 is 2. The Bertz CT molecular complexity index is 1060. The van der Waals surface area contributed by atoms with Crippen molar-refractivity contribution >= 4 is 51.8 Å². The monoisotopic (exact) mass is 464 g/mol. The minimum Gasteiger partial charge on any atom is -0.493 e. The Hall–Kier alpha value is -3.04. The molecule has 1 aliphatic rings. The molecule has 2 aromatic rings. The molecule has 3 N–H and O–H groups in total. The number of hydrogen-bond donors (Lipinski definition) is 2. The van der Waals surface area contributed by atoms with Gasteiger partial charge in [-0.2, -0.15) is 0 Å². The van der Waals surface area contributed by atoms with Crippen molar-refractivity contribution < 1.29 is 28.6 Å². The summed E-state index contributed by atoms with van der Waals surface area (Å²) >= 11 is 7.46. The Morgan fingerprint density at radius 3 is 2.68 bits per heavy atom. The van der Waals surface area contributed by atoms with Crippen LogP contribution in [-0.4, -0.2) is 38.6 Å². The number of benzene rings is 1.